The van der Waals surface area contributed by atoms with E-state index >= 15 is 0 Å². The summed E-state index contributed by atoms with van der Waals surface area (Å²) in [5.74, 6) is 1.39. The van der Waals surface area contributed by atoms with Crippen molar-refractivity contribution in [2.45, 2.75) is 19.9 Å². The molecule has 0 spiro atoms. The molecule has 0 aliphatic rings. The van der Waals surface area contributed by atoms with E-state index in [0.29, 0.717) is 31.0 Å². The van der Waals surface area contributed by atoms with Crippen LogP contribution in [0.4, 0.5) is 4.39 Å². The zero-order chi connectivity index (χ0) is 17.4. The minimum absolute atomic E-state index is 0.172. The maximum absolute atomic E-state index is 13.6. The van der Waals surface area contributed by atoms with Crippen LogP contribution in [0.2, 0.25) is 0 Å². The van der Waals surface area contributed by atoms with E-state index in [-0.39, 0.29) is 5.82 Å². The summed E-state index contributed by atoms with van der Waals surface area (Å²) < 4.78 is 18.9. The molecule has 0 fully saturated rings. The number of aryl methyl sites for hydroxylation is 1. The Bertz CT molecular complexity index is 701. The van der Waals surface area contributed by atoms with Crippen molar-refractivity contribution in [1.82, 2.24) is 10.6 Å². The van der Waals surface area contributed by atoms with Gasteiger partial charge in [0.25, 0.3) is 0 Å². The molecule has 2 N–H and O–H groups in total. The third-order valence-corrected chi connectivity index (χ3v) is 3.80. The van der Waals surface area contributed by atoms with Gasteiger partial charge in [-0.2, -0.15) is 0 Å². The van der Waals surface area contributed by atoms with Gasteiger partial charge in [0.15, 0.2) is 5.96 Å². The number of benzene rings is 2. The van der Waals surface area contributed by atoms with Gasteiger partial charge in [0.1, 0.15) is 11.6 Å². The van der Waals surface area contributed by atoms with E-state index in [9.17, 15) is 4.39 Å². The summed E-state index contributed by atoms with van der Waals surface area (Å²) in [5, 5.41) is 6.44. The van der Waals surface area contributed by atoms with E-state index in [1.165, 1.54) is 6.07 Å². The highest BCUT2D eigenvalue weighted by Crippen LogP contribution is 2.18. The van der Waals surface area contributed by atoms with E-state index in [4.69, 9.17) is 4.74 Å². The highest BCUT2D eigenvalue weighted by Gasteiger charge is 2.04. The lowest BCUT2D eigenvalue weighted by Gasteiger charge is -2.13. The minimum atomic E-state index is -0.172. The normalized spacial score (nSPS) is 11.2. The Morgan fingerprint density at radius 2 is 1.96 bits per heavy atom. The number of hydrogen-bond donors (Lipinski definition) is 2. The highest BCUT2D eigenvalue weighted by atomic mass is 19.1. The van der Waals surface area contributed by atoms with Crippen molar-refractivity contribution in [2.75, 3.05) is 20.7 Å². The van der Waals surface area contributed by atoms with E-state index in [2.05, 4.69) is 21.7 Å². The number of guanidine groups is 1. The van der Waals surface area contributed by atoms with Crippen molar-refractivity contribution in [3.63, 3.8) is 0 Å². The summed E-state index contributed by atoms with van der Waals surface area (Å²) in [6.07, 6.45) is 0.603. The average molecular weight is 329 g/mol. The third-order valence-electron chi connectivity index (χ3n) is 3.80. The van der Waals surface area contributed by atoms with Crippen LogP contribution in [0.15, 0.2) is 47.5 Å². The molecule has 0 aliphatic heterocycles. The van der Waals surface area contributed by atoms with E-state index in [1.807, 2.05) is 25.1 Å². The molecule has 0 heterocycles. The van der Waals surface area contributed by atoms with Crippen molar-refractivity contribution in [3.05, 3.63) is 65.0 Å². The molecule has 0 unspecified atom stereocenters. The summed E-state index contributed by atoms with van der Waals surface area (Å²) >= 11 is 0. The maximum atomic E-state index is 13.6. The predicted molar refractivity (Wildman–Crippen MR) is 96.0 cm³/mol. The van der Waals surface area contributed by atoms with Gasteiger partial charge in [-0.05, 0) is 42.2 Å². The largest absolute Gasteiger partial charge is 0.496 e. The van der Waals surface area contributed by atoms with E-state index in [1.54, 1.807) is 26.3 Å². The predicted octanol–water partition coefficient (Wildman–Crippen LogP) is 3.05. The molecule has 2 aromatic carbocycles. The Morgan fingerprint density at radius 3 is 2.67 bits per heavy atom. The molecule has 128 valence electrons. The van der Waals surface area contributed by atoms with E-state index < -0.39 is 0 Å². The number of halogens is 1. The van der Waals surface area contributed by atoms with Gasteiger partial charge in [-0.1, -0.05) is 30.3 Å². The maximum Gasteiger partial charge on any atom is 0.191 e. The minimum Gasteiger partial charge on any atom is -0.496 e. The lowest BCUT2D eigenvalue weighted by molar-refractivity contribution is 0.411. The van der Waals surface area contributed by atoms with Gasteiger partial charge in [0.05, 0.1) is 7.11 Å². The van der Waals surface area contributed by atoms with Crippen LogP contribution >= 0.6 is 0 Å². The first-order valence-corrected chi connectivity index (χ1v) is 7.95. The second-order valence-corrected chi connectivity index (χ2v) is 5.50. The molecule has 0 atom stereocenters. The fourth-order valence-electron chi connectivity index (χ4n) is 2.40. The van der Waals surface area contributed by atoms with Crippen molar-refractivity contribution < 1.29 is 9.13 Å². The van der Waals surface area contributed by atoms with Crippen molar-refractivity contribution in [1.29, 1.82) is 0 Å². The topological polar surface area (TPSA) is 45.7 Å². The van der Waals surface area contributed by atoms with Gasteiger partial charge in [-0.15, -0.1) is 0 Å². The number of aliphatic imine (C=N–C) groups is 1. The molecule has 0 saturated carbocycles. The van der Waals surface area contributed by atoms with Gasteiger partial charge in [-0.25, -0.2) is 4.39 Å². The Balaban J connectivity index is 1.83. The zero-order valence-corrected chi connectivity index (χ0v) is 14.4. The van der Waals surface area contributed by atoms with Crippen LogP contribution in [-0.4, -0.2) is 26.7 Å². The summed E-state index contributed by atoms with van der Waals surface area (Å²) in [7, 11) is 3.39. The number of hydrogen-bond acceptors (Lipinski definition) is 2. The molecular formula is C19H24FN3O. The van der Waals surface area contributed by atoms with E-state index in [0.717, 1.165) is 16.9 Å². The van der Waals surface area contributed by atoms with Crippen LogP contribution in [0.1, 0.15) is 16.7 Å². The van der Waals surface area contributed by atoms with Crippen LogP contribution in [0.25, 0.3) is 0 Å². The quantitative estimate of drug-likeness (QED) is 0.632. The molecule has 4 nitrogen and oxygen atoms in total. The molecule has 0 radical (unpaired) electrons. The second-order valence-electron chi connectivity index (χ2n) is 5.50. The number of rotatable bonds is 6. The molecule has 2 aromatic rings. The Morgan fingerprint density at radius 1 is 1.17 bits per heavy atom. The summed E-state index contributed by atoms with van der Waals surface area (Å²) in [6.45, 7) is 3.26. The summed E-state index contributed by atoms with van der Waals surface area (Å²) in [4.78, 5) is 4.19. The Labute approximate surface area is 142 Å². The fraction of sp³-hybridized carbons (Fsp3) is 0.316. The number of nitrogens with one attached hydrogen (secondary N) is 2. The van der Waals surface area contributed by atoms with Crippen molar-refractivity contribution >= 4 is 5.96 Å². The van der Waals surface area contributed by atoms with Crippen LogP contribution in [0.3, 0.4) is 0 Å². The molecule has 5 heteroatoms. The monoisotopic (exact) mass is 329 g/mol. The van der Waals surface area contributed by atoms with Gasteiger partial charge in [0, 0.05) is 20.1 Å². The zero-order valence-electron chi connectivity index (χ0n) is 14.4. The lowest BCUT2D eigenvalue weighted by atomic mass is 10.1. The van der Waals surface area contributed by atoms with Crippen LogP contribution < -0.4 is 15.4 Å². The number of nitrogens with zero attached hydrogens (tertiary/aromatic N) is 1. The van der Waals surface area contributed by atoms with Crippen LogP contribution in [0.5, 0.6) is 5.75 Å². The molecule has 0 aromatic heterocycles. The standard InChI is InChI=1S/C19H24FN3O/c1-14-8-9-15(12-18(14)24-3)13-23-19(21-2)22-11-10-16-6-4-5-7-17(16)20/h4-9,12H,10-11,13H2,1-3H3,(H2,21,22,23). The first-order chi connectivity index (χ1) is 11.6. The number of ether oxygens (including phenoxy) is 1. The molecule has 0 aliphatic carbocycles. The summed E-state index contributed by atoms with van der Waals surface area (Å²) in [6, 6.07) is 12.9. The van der Waals surface area contributed by atoms with Gasteiger partial charge in [0.2, 0.25) is 0 Å². The lowest BCUT2D eigenvalue weighted by Crippen LogP contribution is -2.37. The average Bonchev–Trinajstić information content (AvgIpc) is 2.60. The molecular weight excluding hydrogens is 305 g/mol. The highest BCUT2D eigenvalue weighted by molar-refractivity contribution is 5.79. The van der Waals surface area contributed by atoms with Gasteiger partial charge in [-0.3, -0.25) is 4.99 Å². The van der Waals surface area contributed by atoms with Crippen LogP contribution in [0, 0.1) is 12.7 Å². The molecule has 0 bridgehead atoms. The first kappa shape index (κ1) is 17.8. The Hall–Kier alpha value is -2.56. The smallest absolute Gasteiger partial charge is 0.191 e. The molecule has 24 heavy (non-hydrogen) atoms. The molecule has 0 saturated heterocycles. The number of methoxy groups -OCH3 is 1. The van der Waals surface area contributed by atoms with Gasteiger partial charge >= 0.3 is 0 Å². The summed E-state index contributed by atoms with van der Waals surface area (Å²) in [5.41, 5.74) is 2.91. The van der Waals surface area contributed by atoms with Gasteiger partial charge < -0.3 is 15.4 Å². The SMILES string of the molecule is CN=C(NCCc1ccccc1F)NCc1ccc(C)c(OC)c1. The second kappa shape index (κ2) is 8.91. The van der Waals surface area contributed by atoms with Crippen molar-refractivity contribution in [3.8, 4) is 5.75 Å². The van der Waals surface area contributed by atoms with Crippen LogP contribution in [-0.2, 0) is 13.0 Å². The molecule has 0 amide bonds. The van der Waals surface area contributed by atoms with Crippen molar-refractivity contribution in [2.24, 2.45) is 4.99 Å². The molecule has 2 rings (SSSR count). The third kappa shape index (κ3) is 4.98. The fourth-order valence-corrected chi connectivity index (χ4v) is 2.40. The first-order valence-electron chi connectivity index (χ1n) is 7.95. The Kier molecular flexibility index (Phi) is 6.61.